The maximum absolute atomic E-state index is 14.2. The molecule has 0 spiro atoms. The van der Waals surface area contributed by atoms with Gasteiger partial charge in [-0.3, -0.25) is 0 Å². The van der Waals surface area contributed by atoms with Gasteiger partial charge in [0.15, 0.2) is 0 Å². The lowest BCUT2D eigenvalue weighted by Gasteiger charge is -2.29. The number of benzene rings is 2. The molecule has 2 heterocycles. The number of nitrogens with zero attached hydrogens (tertiary/aromatic N) is 3. The van der Waals surface area contributed by atoms with Crippen molar-refractivity contribution < 1.29 is 4.39 Å². The molecule has 154 valence electrons. The zero-order chi connectivity index (χ0) is 20.7. The highest BCUT2D eigenvalue weighted by atomic mass is 19.1. The van der Waals surface area contributed by atoms with Crippen molar-refractivity contribution in [2.75, 3.05) is 31.1 Å². The van der Waals surface area contributed by atoms with Gasteiger partial charge >= 0.3 is 0 Å². The molecular formula is C24H31FN4. The van der Waals surface area contributed by atoms with Crippen molar-refractivity contribution in [2.24, 2.45) is 0 Å². The fraction of sp³-hybridized carbons (Fsp3) is 0.458. The molecule has 0 amide bonds. The van der Waals surface area contributed by atoms with Gasteiger partial charge in [0.2, 0.25) is 5.95 Å². The molecule has 1 aliphatic heterocycles. The summed E-state index contributed by atoms with van der Waals surface area (Å²) in [5, 5.41) is 3.43. The number of anilines is 1. The third-order valence-corrected chi connectivity index (χ3v) is 6.26. The Morgan fingerprint density at radius 3 is 2.28 bits per heavy atom. The van der Waals surface area contributed by atoms with Crippen molar-refractivity contribution in [3.8, 4) is 0 Å². The lowest BCUT2D eigenvalue weighted by molar-refractivity contribution is 0.571. The van der Waals surface area contributed by atoms with Crippen LogP contribution in [0, 0.1) is 33.5 Å². The minimum absolute atomic E-state index is 0.105. The van der Waals surface area contributed by atoms with Crippen LogP contribution in [0.5, 0.6) is 0 Å². The maximum atomic E-state index is 14.2. The minimum atomic E-state index is -0.105. The third kappa shape index (κ3) is 3.52. The summed E-state index contributed by atoms with van der Waals surface area (Å²) in [6.07, 6.45) is 0.969. The molecule has 0 radical (unpaired) electrons. The van der Waals surface area contributed by atoms with Gasteiger partial charge in [0.25, 0.3) is 0 Å². The van der Waals surface area contributed by atoms with Crippen LogP contribution in [0.4, 0.5) is 10.3 Å². The summed E-state index contributed by atoms with van der Waals surface area (Å²) < 4.78 is 16.5. The average Bonchev–Trinajstić information content (AvgIpc) is 3.05. The molecule has 3 aromatic rings. The van der Waals surface area contributed by atoms with E-state index in [0.29, 0.717) is 17.7 Å². The van der Waals surface area contributed by atoms with E-state index in [0.717, 1.165) is 49.6 Å². The van der Waals surface area contributed by atoms with Crippen LogP contribution in [0.3, 0.4) is 0 Å². The molecule has 1 aromatic heterocycles. The second-order valence-electron chi connectivity index (χ2n) is 8.30. The zero-order valence-corrected chi connectivity index (χ0v) is 18.2. The molecule has 1 aliphatic rings. The van der Waals surface area contributed by atoms with Crippen LogP contribution in [0.1, 0.15) is 40.3 Å². The first kappa shape index (κ1) is 19.9. The van der Waals surface area contributed by atoms with Crippen molar-refractivity contribution in [1.82, 2.24) is 14.9 Å². The van der Waals surface area contributed by atoms with E-state index in [1.807, 2.05) is 26.0 Å². The van der Waals surface area contributed by atoms with E-state index in [9.17, 15) is 4.39 Å². The number of hydrogen-bond donors (Lipinski definition) is 1. The predicted octanol–water partition coefficient (Wildman–Crippen LogP) is 4.43. The number of halogens is 1. The Kier molecular flexibility index (Phi) is 5.34. The number of fused-ring (bicyclic) bond motifs is 1. The van der Waals surface area contributed by atoms with Gasteiger partial charge < -0.3 is 14.8 Å². The third-order valence-electron chi connectivity index (χ3n) is 6.26. The van der Waals surface area contributed by atoms with Gasteiger partial charge in [0.05, 0.1) is 17.6 Å². The highest BCUT2D eigenvalue weighted by Gasteiger charge is 2.22. The molecule has 0 atom stereocenters. The first-order valence-corrected chi connectivity index (χ1v) is 10.6. The van der Waals surface area contributed by atoms with E-state index in [2.05, 4.69) is 41.6 Å². The fourth-order valence-corrected chi connectivity index (χ4v) is 4.55. The summed E-state index contributed by atoms with van der Waals surface area (Å²) in [6.45, 7) is 14.8. The van der Waals surface area contributed by atoms with Crippen LogP contribution in [-0.2, 0) is 13.0 Å². The molecular weight excluding hydrogens is 363 g/mol. The lowest BCUT2D eigenvalue weighted by atomic mass is 9.99. The van der Waals surface area contributed by atoms with Crippen LogP contribution in [-0.4, -0.2) is 35.7 Å². The van der Waals surface area contributed by atoms with E-state index in [4.69, 9.17) is 4.98 Å². The highest BCUT2D eigenvalue weighted by Crippen LogP contribution is 2.31. The zero-order valence-electron chi connectivity index (χ0n) is 18.2. The summed E-state index contributed by atoms with van der Waals surface area (Å²) in [6, 6.07) is 6.21. The number of aryl methyl sites for hydroxylation is 4. The first-order chi connectivity index (χ1) is 13.9. The second kappa shape index (κ2) is 7.79. The van der Waals surface area contributed by atoms with Gasteiger partial charge in [-0.05, 0) is 73.6 Å². The minimum Gasteiger partial charge on any atom is -0.340 e. The summed E-state index contributed by atoms with van der Waals surface area (Å²) in [5.41, 5.74) is 8.79. The number of imidazole rings is 1. The highest BCUT2D eigenvalue weighted by molar-refractivity contribution is 5.84. The van der Waals surface area contributed by atoms with Gasteiger partial charge in [-0.1, -0.05) is 19.1 Å². The van der Waals surface area contributed by atoms with Crippen molar-refractivity contribution in [2.45, 2.75) is 47.6 Å². The van der Waals surface area contributed by atoms with Crippen LogP contribution >= 0.6 is 0 Å². The Morgan fingerprint density at radius 1 is 1.00 bits per heavy atom. The van der Waals surface area contributed by atoms with E-state index in [1.54, 1.807) is 0 Å². The number of aromatic nitrogens is 2. The molecule has 2 aromatic carbocycles. The Hall–Kier alpha value is -2.40. The van der Waals surface area contributed by atoms with Crippen molar-refractivity contribution in [3.05, 3.63) is 57.4 Å². The largest absolute Gasteiger partial charge is 0.340 e. The molecule has 0 unspecified atom stereocenters. The maximum Gasteiger partial charge on any atom is 0.206 e. The normalized spacial score (nSPS) is 14.8. The van der Waals surface area contributed by atoms with Crippen LogP contribution < -0.4 is 10.2 Å². The summed E-state index contributed by atoms with van der Waals surface area (Å²) >= 11 is 0. The predicted molar refractivity (Wildman–Crippen MR) is 119 cm³/mol. The average molecular weight is 395 g/mol. The molecule has 4 rings (SSSR count). The smallest absolute Gasteiger partial charge is 0.206 e. The van der Waals surface area contributed by atoms with Crippen LogP contribution in [0.25, 0.3) is 11.0 Å². The Labute approximate surface area is 172 Å². The molecule has 0 saturated carbocycles. The fourth-order valence-electron chi connectivity index (χ4n) is 4.55. The molecule has 1 N–H and O–H groups in total. The number of hydrogen-bond acceptors (Lipinski definition) is 3. The second-order valence-corrected chi connectivity index (χ2v) is 8.30. The Balaban J connectivity index is 1.91. The SMILES string of the molecule is CCc1c(C)c(C)cc2c1nc(N1CCNCC1)n2Cc1cc(C)c(F)c(C)c1. The summed E-state index contributed by atoms with van der Waals surface area (Å²) in [5.74, 6) is 0.923. The number of piperazine rings is 1. The molecule has 0 bridgehead atoms. The van der Waals surface area contributed by atoms with E-state index in [1.165, 1.54) is 22.2 Å². The van der Waals surface area contributed by atoms with Gasteiger partial charge in [0, 0.05) is 26.2 Å². The molecule has 1 saturated heterocycles. The standard InChI is InChI=1S/C24H31FN4/c1-6-20-18(5)15(2)13-21-23(20)27-24(28-9-7-26-8-10-28)29(21)14-19-11-16(3)22(25)17(4)12-19/h11-13,26H,6-10,14H2,1-5H3. The van der Waals surface area contributed by atoms with Gasteiger partial charge in [-0.25, -0.2) is 9.37 Å². The quantitative estimate of drug-likeness (QED) is 0.711. The molecule has 0 aliphatic carbocycles. The topological polar surface area (TPSA) is 33.1 Å². The van der Waals surface area contributed by atoms with E-state index >= 15 is 0 Å². The van der Waals surface area contributed by atoms with Crippen molar-refractivity contribution >= 4 is 17.0 Å². The molecule has 1 fully saturated rings. The van der Waals surface area contributed by atoms with Gasteiger partial charge in [-0.2, -0.15) is 0 Å². The van der Waals surface area contributed by atoms with Gasteiger partial charge in [0.1, 0.15) is 5.82 Å². The Morgan fingerprint density at radius 2 is 1.66 bits per heavy atom. The molecule has 29 heavy (non-hydrogen) atoms. The summed E-state index contributed by atoms with van der Waals surface area (Å²) in [7, 11) is 0. The monoisotopic (exact) mass is 394 g/mol. The molecule has 5 heteroatoms. The number of rotatable bonds is 4. The van der Waals surface area contributed by atoms with Crippen molar-refractivity contribution in [3.63, 3.8) is 0 Å². The Bertz CT molecular complexity index is 1040. The van der Waals surface area contributed by atoms with E-state index in [-0.39, 0.29) is 5.82 Å². The van der Waals surface area contributed by atoms with E-state index < -0.39 is 0 Å². The van der Waals surface area contributed by atoms with Gasteiger partial charge in [-0.15, -0.1) is 0 Å². The lowest BCUT2D eigenvalue weighted by Crippen LogP contribution is -2.44. The van der Waals surface area contributed by atoms with Crippen LogP contribution in [0.15, 0.2) is 18.2 Å². The van der Waals surface area contributed by atoms with Crippen LogP contribution in [0.2, 0.25) is 0 Å². The number of nitrogens with one attached hydrogen (secondary N) is 1. The first-order valence-electron chi connectivity index (χ1n) is 10.6. The van der Waals surface area contributed by atoms with Crippen molar-refractivity contribution in [1.29, 1.82) is 0 Å². The summed E-state index contributed by atoms with van der Waals surface area (Å²) in [4.78, 5) is 7.53. The molecule has 4 nitrogen and oxygen atoms in total.